The van der Waals surface area contributed by atoms with Gasteiger partial charge >= 0.3 is 6.55 Å². The van der Waals surface area contributed by atoms with Crippen LogP contribution in [0, 0.1) is 13.8 Å². The highest BCUT2D eigenvalue weighted by molar-refractivity contribution is 7.98. The molecule has 0 aliphatic carbocycles. The van der Waals surface area contributed by atoms with Gasteiger partial charge in [-0.15, -0.1) is 0 Å². The summed E-state index contributed by atoms with van der Waals surface area (Å²) in [4.78, 5) is 8.33. The predicted octanol–water partition coefficient (Wildman–Crippen LogP) is 4.37. The van der Waals surface area contributed by atoms with Crippen LogP contribution in [0.3, 0.4) is 0 Å². The molecule has 7 heteroatoms. The topological polar surface area (TPSA) is 35.6 Å². The van der Waals surface area contributed by atoms with Gasteiger partial charge in [-0.1, -0.05) is 23.9 Å². The molecule has 0 radical (unpaired) electrons. The number of nitrogens with zero attached hydrogens (tertiary/aromatic N) is 4. The molecule has 0 bridgehead atoms. The third kappa shape index (κ3) is 3.14. The standard InChI is InChI=1S/C16H16F2N4S/c1-11-4-3-5-13(12(11)2)21-8-7-20-16(21)23-10-14-19-6-9-22(14)15(17)18/h3-9,15H,10H2,1-2H3. The van der Waals surface area contributed by atoms with Gasteiger partial charge in [0.25, 0.3) is 0 Å². The van der Waals surface area contributed by atoms with Gasteiger partial charge in [-0.25, -0.2) is 9.97 Å². The summed E-state index contributed by atoms with van der Waals surface area (Å²) < 4.78 is 28.6. The van der Waals surface area contributed by atoms with Gasteiger partial charge in [0.15, 0.2) is 5.16 Å². The summed E-state index contributed by atoms with van der Waals surface area (Å²) in [5, 5.41) is 0.752. The van der Waals surface area contributed by atoms with Gasteiger partial charge in [0.2, 0.25) is 0 Å². The minimum atomic E-state index is -2.58. The maximum atomic E-state index is 12.9. The first-order chi connectivity index (χ1) is 11.1. The van der Waals surface area contributed by atoms with Gasteiger partial charge in [0.05, 0.1) is 11.4 Å². The first-order valence-electron chi connectivity index (χ1n) is 7.10. The summed E-state index contributed by atoms with van der Waals surface area (Å²) in [6.45, 7) is 1.54. The smallest absolute Gasteiger partial charge is 0.295 e. The van der Waals surface area contributed by atoms with Gasteiger partial charge in [0, 0.05) is 24.8 Å². The number of rotatable bonds is 5. The first-order valence-corrected chi connectivity index (χ1v) is 8.09. The zero-order valence-electron chi connectivity index (χ0n) is 12.8. The monoisotopic (exact) mass is 334 g/mol. The van der Waals surface area contributed by atoms with Crippen LogP contribution in [0.5, 0.6) is 0 Å². The predicted molar refractivity (Wildman–Crippen MR) is 86.1 cm³/mol. The Morgan fingerprint density at radius 2 is 1.91 bits per heavy atom. The lowest BCUT2D eigenvalue weighted by molar-refractivity contribution is 0.0678. The van der Waals surface area contributed by atoms with E-state index in [1.54, 1.807) is 6.20 Å². The van der Waals surface area contributed by atoms with Gasteiger partial charge in [-0.2, -0.15) is 8.78 Å². The second-order valence-corrected chi connectivity index (χ2v) is 6.06. The van der Waals surface area contributed by atoms with Crippen molar-refractivity contribution in [3.05, 3.63) is 59.9 Å². The van der Waals surface area contributed by atoms with Crippen molar-refractivity contribution in [3.63, 3.8) is 0 Å². The van der Waals surface area contributed by atoms with E-state index in [1.165, 1.54) is 35.3 Å². The molecule has 0 N–H and O–H groups in total. The van der Waals surface area contributed by atoms with E-state index < -0.39 is 6.55 Å². The number of imidazole rings is 2. The molecule has 120 valence electrons. The third-order valence-electron chi connectivity index (χ3n) is 3.73. The molecule has 0 aliphatic heterocycles. The summed E-state index contributed by atoms with van der Waals surface area (Å²) in [7, 11) is 0. The van der Waals surface area contributed by atoms with Crippen molar-refractivity contribution in [1.82, 2.24) is 19.1 Å². The fourth-order valence-corrected chi connectivity index (χ4v) is 3.25. The van der Waals surface area contributed by atoms with E-state index in [1.807, 2.05) is 22.9 Å². The highest BCUT2D eigenvalue weighted by Crippen LogP contribution is 2.27. The van der Waals surface area contributed by atoms with Crippen LogP contribution in [0.2, 0.25) is 0 Å². The average Bonchev–Trinajstić information content (AvgIpc) is 3.16. The number of hydrogen-bond acceptors (Lipinski definition) is 3. The minimum Gasteiger partial charge on any atom is -0.295 e. The Kier molecular flexibility index (Phi) is 4.47. The second-order valence-electron chi connectivity index (χ2n) is 5.12. The Balaban J connectivity index is 1.84. The fraction of sp³-hybridized carbons (Fsp3) is 0.250. The number of aromatic nitrogens is 4. The lowest BCUT2D eigenvalue weighted by Gasteiger charge is -2.12. The summed E-state index contributed by atoms with van der Waals surface area (Å²) in [5.41, 5.74) is 3.41. The quantitative estimate of drug-likeness (QED) is 0.650. The third-order valence-corrected chi connectivity index (χ3v) is 4.69. The van der Waals surface area contributed by atoms with E-state index in [0.29, 0.717) is 11.6 Å². The molecular weight excluding hydrogens is 318 g/mol. The molecule has 0 aliphatic rings. The van der Waals surface area contributed by atoms with Gasteiger partial charge in [0.1, 0.15) is 5.82 Å². The van der Waals surface area contributed by atoms with E-state index >= 15 is 0 Å². The normalized spacial score (nSPS) is 11.3. The largest absolute Gasteiger partial charge is 0.319 e. The Morgan fingerprint density at radius 1 is 1.13 bits per heavy atom. The minimum absolute atomic E-state index is 0.333. The fourth-order valence-electron chi connectivity index (χ4n) is 2.34. The van der Waals surface area contributed by atoms with E-state index in [0.717, 1.165) is 15.4 Å². The molecule has 0 saturated carbocycles. The Morgan fingerprint density at radius 3 is 2.70 bits per heavy atom. The molecule has 2 aromatic heterocycles. The number of hydrogen-bond donors (Lipinski definition) is 0. The van der Waals surface area contributed by atoms with Crippen LogP contribution in [0.25, 0.3) is 5.69 Å². The molecule has 3 rings (SSSR count). The van der Waals surface area contributed by atoms with Crippen LogP contribution in [-0.2, 0) is 5.75 Å². The molecule has 0 fully saturated rings. The number of alkyl halides is 2. The summed E-state index contributed by atoms with van der Waals surface area (Å²) >= 11 is 1.39. The van der Waals surface area contributed by atoms with Crippen molar-refractivity contribution >= 4 is 11.8 Å². The molecule has 4 nitrogen and oxygen atoms in total. The van der Waals surface area contributed by atoms with Crippen molar-refractivity contribution in [3.8, 4) is 5.69 Å². The second kappa shape index (κ2) is 6.54. The molecule has 0 amide bonds. The number of halogens is 2. The molecule has 1 aromatic carbocycles. The Hall–Kier alpha value is -2.15. The van der Waals surface area contributed by atoms with Crippen molar-refractivity contribution in [1.29, 1.82) is 0 Å². The van der Waals surface area contributed by atoms with Gasteiger partial charge < -0.3 is 0 Å². The molecular formula is C16H16F2N4S. The van der Waals surface area contributed by atoms with E-state index in [-0.39, 0.29) is 0 Å². The molecule has 0 spiro atoms. The van der Waals surface area contributed by atoms with Crippen molar-refractivity contribution < 1.29 is 8.78 Å². The lowest BCUT2D eigenvalue weighted by Crippen LogP contribution is -2.03. The van der Waals surface area contributed by atoms with Crippen LogP contribution in [-0.4, -0.2) is 19.1 Å². The van der Waals surface area contributed by atoms with Gasteiger partial charge in [-0.05, 0) is 31.0 Å². The van der Waals surface area contributed by atoms with Crippen LogP contribution >= 0.6 is 11.8 Å². The van der Waals surface area contributed by atoms with Crippen molar-refractivity contribution in [2.24, 2.45) is 0 Å². The van der Waals surface area contributed by atoms with E-state index in [4.69, 9.17) is 0 Å². The van der Waals surface area contributed by atoms with Crippen LogP contribution in [0.4, 0.5) is 8.78 Å². The molecule has 0 atom stereocenters. The SMILES string of the molecule is Cc1cccc(-n2ccnc2SCc2nccn2C(F)F)c1C. The van der Waals surface area contributed by atoms with Crippen LogP contribution < -0.4 is 0 Å². The number of aryl methyl sites for hydroxylation is 1. The molecule has 23 heavy (non-hydrogen) atoms. The van der Waals surface area contributed by atoms with Crippen molar-refractivity contribution in [2.75, 3.05) is 0 Å². The molecule has 3 aromatic rings. The molecule has 2 heterocycles. The van der Waals surface area contributed by atoms with Crippen LogP contribution in [0.1, 0.15) is 23.5 Å². The summed E-state index contributed by atoms with van der Waals surface area (Å²) in [6.07, 6.45) is 6.27. The van der Waals surface area contributed by atoms with Crippen LogP contribution in [0.15, 0.2) is 48.1 Å². The van der Waals surface area contributed by atoms with Crippen molar-refractivity contribution in [2.45, 2.75) is 31.3 Å². The maximum absolute atomic E-state index is 12.9. The maximum Gasteiger partial charge on any atom is 0.319 e. The van der Waals surface area contributed by atoms with Gasteiger partial charge in [-0.3, -0.25) is 9.13 Å². The molecule has 0 unspecified atom stereocenters. The highest BCUT2D eigenvalue weighted by Gasteiger charge is 2.14. The summed E-state index contributed by atoms with van der Waals surface area (Å²) in [6, 6.07) is 6.08. The zero-order chi connectivity index (χ0) is 16.4. The van der Waals surface area contributed by atoms with E-state index in [2.05, 4.69) is 29.9 Å². The average molecular weight is 334 g/mol. The first kappa shape index (κ1) is 15.7. The summed E-state index contributed by atoms with van der Waals surface area (Å²) in [5.74, 6) is 0.666. The lowest BCUT2D eigenvalue weighted by atomic mass is 10.1. The Labute approximate surface area is 137 Å². The highest BCUT2D eigenvalue weighted by atomic mass is 32.2. The molecule has 0 saturated heterocycles. The zero-order valence-corrected chi connectivity index (χ0v) is 13.6. The number of thioether (sulfide) groups is 1. The van der Waals surface area contributed by atoms with E-state index in [9.17, 15) is 8.78 Å². The Bertz CT molecular complexity index is 810. The number of benzene rings is 1.